The summed E-state index contributed by atoms with van der Waals surface area (Å²) in [5, 5.41) is 14.6. The molecule has 1 saturated heterocycles. The van der Waals surface area contributed by atoms with Gasteiger partial charge in [0.25, 0.3) is 0 Å². The maximum atomic E-state index is 11.7. The van der Waals surface area contributed by atoms with Crippen LogP contribution in [-0.2, 0) is 0 Å². The average Bonchev–Trinajstić information content (AvgIpc) is 2.40. The Labute approximate surface area is 129 Å². The first-order valence-corrected chi connectivity index (χ1v) is 8.38. The number of likely N-dealkylation sites (tertiary alicyclic amines) is 1. The first-order chi connectivity index (χ1) is 10.0. The second-order valence-corrected chi connectivity index (χ2v) is 6.73. The van der Waals surface area contributed by atoms with Crippen molar-refractivity contribution in [3.8, 4) is 0 Å². The zero-order valence-electron chi connectivity index (χ0n) is 13.9. The number of hydrogen-bond acceptors (Lipinski definition) is 3. The third-order valence-electron chi connectivity index (χ3n) is 4.05. The molecule has 3 N–H and O–H groups in total. The van der Waals surface area contributed by atoms with Crippen molar-refractivity contribution in [2.24, 2.45) is 11.8 Å². The molecule has 1 rings (SSSR count). The largest absolute Gasteiger partial charge is 0.396 e. The molecule has 0 radical (unpaired) electrons. The Balaban J connectivity index is 2.06. The zero-order chi connectivity index (χ0) is 15.7. The molecule has 3 atom stereocenters. The highest BCUT2D eigenvalue weighted by Gasteiger charge is 2.21. The summed E-state index contributed by atoms with van der Waals surface area (Å²) in [5.74, 6) is 1.58. The van der Waals surface area contributed by atoms with E-state index in [0.717, 1.165) is 44.2 Å². The first-order valence-electron chi connectivity index (χ1n) is 8.38. The fourth-order valence-corrected chi connectivity index (χ4v) is 3.22. The lowest BCUT2D eigenvalue weighted by Crippen LogP contribution is -2.43. The van der Waals surface area contributed by atoms with Gasteiger partial charge in [0.1, 0.15) is 0 Å². The van der Waals surface area contributed by atoms with Crippen molar-refractivity contribution >= 4 is 6.03 Å². The van der Waals surface area contributed by atoms with Crippen LogP contribution < -0.4 is 10.6 Å². The Bertz CT molecular complexity index is 289. The maximum Gasteiger partial charge on any atom is 0.314 e. The number of urea groups is 1. The zero-order valence-corrected chi connectivity index (χ0v) is 13.9. The highest BCUT2D eigenvalue weighted by Crippen LogP contribution is 2.20. The van der Waals surface area contributed by atoms with E-state index in [1.807, 2.05) is 6.92 Å². The molecule has 5 nitrogen and oxygen atoms in total. The van der Waals surface area contributed by atoms with Crippen LogP contribution in [0.15, 0.2) is 0 Å². The number of aliphatic hydroxyl groups excluding tert-OH is 1. The standard InChI is InChI=1S/C16H33N3O2/c1-13-10-14(2)12-19(11-13)8-5-7-17-16(21)18-15(3)6-4-9-20/h13-15,20H,4-12H2,1-3H3,(H2,17,18,21). The Morgan fingerprint density at radius 1 is 1.29 bits per heavy atom. The van der Waals surface area contributed by atoms with Crippen LogP contribution in [-0.4, -0.2) is 54.9 Å². The molecule has 1 fully saturated rings. The van der Waals surface area contributed by atoms with Crippen molar-refractivity contribution in [1.82, 2.24) is 15.5 Å². The van der Waals surface area contributed by atoms with Crippen LogP contribution in [0.4, 0.5) is 4.79 Å². The summed E-state index contributed by atoms with van der Waals surface area (Å²) in [6, 6.07) is 0.0155. The highest BCUT2D eigenvalue weighted by atomic mass is 16.3. The molecule has 21 heavy (non-hydrogen) atoms. The Morgan fingerprint density at radius 3 is 2.57 bits per heavy atom. The van der Waals surface area contributed by atoms with E-state index in [4.69, 9.17) is 5.11 Å². The lowest BCUT2D eigenvalue weighted by molar-refractivity contribution is 0.139. The van der Waals surface area contributed by atoms with Gasteiger partial charge in [0.15, 0.2) is 0 Å². The number of amides is 2. The number of aliphatic hydroxyl groups is 1. The van der Waals surface area contributed by atoms with E-state index >= 15 is 0 Å². The van der Waals surface area contributed by atoms with Gasteiger partial charge in [0, 0.05) is 32.3 Å². The molecule has 0 saturated carbocycles. The quantitative estimate of drug-likeness (QED) is 0.599. The van der Waals surface area contributed by atoms with Crippen LogP contribution in [0.5, 0.6) is 0 Å². The summed E-state index contributed by atoms with van der Waals surface area (Å²) >= 11 is 0. The second-order valence-electron chi connectivity index (χ2n) is 6.73. The number of rotatable bonds is 8. The number of nitrogens with one attached hydrogen (secondary N) is 2. The predicted molar refractivity (Wildman–Crippen MR) is 86.3 cm³/mol. The van der Waals surface area contributed by atoms with Crippen LogP contribution in [0, 0.1) is 11.8 Å². The highest BCUT2D eigenvalue weighted by molar-refractivity contribution is 5.74. The van der Waals surface area contributed by atoms with Crippen molar-refractivity contribution in [3.63, 3.8) is 0 Å². The first kappa shape index (κ1) is 18.2. The van der Waals surface area contributed by atoms with Gasteiger partial charge in [-0.2, -0.15) is 0 Å². The summed E-state index contributed by atoms with van der Waals surface area (Å²) in [6.45, 7) is 11.0. The second kappa shape index (κ2) is 10.0. The van der Waals surface area contributed by atoms with Gasteiger partial charge in [-0.15, -0.1) is 0 Å². The van der Waals surface area contributed by atoms with Crippen molar-refractivity contribution in [3.05, 3.63) is 0 Å². The summed E-state index contributed by atoms with van der Waals surface area (Å²) in [7, 11) is 0. The van der Waals surface area contributed by atoms with Crippen molar-refractivity contribution in [1.29, 1.82) is 0 Å². The van der Waals surface area contributed by atoms with E-state index in [-0.39, 0.29) is 18.7 Å². The van der Waals surface area contributed by atoms with Crippen LogP contribution in [0.25, 0.3) is 0 Å². The van der Waals surface area contributed by atoms with Gasteiger partial charge in [-0.25, -0.2) is 4.79 Å². The molecule has 1 aliphatic rings. The topological polar surface area (TPSA) is 64.6 Å². The monoisotopic (exact) mass is 299 g/mol. The third-order valence-corrected chi connectivity index (χ3v) is 4.05. The van der Waals surface area contributed by atoms with Crippen LogP contribution in [0.1, 0.15) is 46.5 Å². The normalized spacial score (nSPS) is 24.6. The summed E-state index contributed by atoms with van der Waals surface area (Å²) in [4.78, 5) is 14.2. The minimum Gasteiger partial charge on any atom is -0.396 e. The Kier molecular flexibility index (Phi) is 8.69. The number of piperidine rings is 1. The third kappa shape index (κ3) is 8.27. The SMILES string of the molecule is CC1CC(C)CN(CCCNC(=O)NC(C)CCCO)C1. The van der Waals surface area contributed by atoms with E-state index in [0.29, 0.717) is 0 Å². The summed E-state index contributed by atoms with van der Waals surface area (Å²) in [5.41, 5.74) is 0. The number of hydrogen-bond donors (Lipinski definition) is 3. The predicted octanol–water partition coefficient (Wildman–Crippen LogP) is 1.81. The molecule has 1 aliphatic heterocycles. The van der Waals surface area contributed by atoms with E-state index in [1.165, 1.54) is 19.5 Å². The van der Waals surface area contributed by atoms with Crippen molar-refractivity contribution in [2.45, 2.75) is 52.5 Å². The fourth-order valence-electron chi connectivity index (χ4n) is 3.22. The van der Waals surface area contributed by atoms with E-state index in [2.05, 4.69) is 29.4 Å². The molecule has 0 aromatic carbocycles. The van der Waals surface area contributed by atoms with Crippen molar-refractivity contribution < 1.29 is 9.90 Å². The van der Waals surface area contributed by atoms with Gasteiger partial charge >= 0.3 is 6.03 Å². The Morgan fingerprint density at radius 2 is 1.95 bits per heavy atom. The van der Waals surface area contributed by atoms with Crippen LogP contribution >= 0.6 is 0 Å². The maximum absolute atomic E-state index is 11.7. The number of carbonyl (C=O) groups excluding carboxylic acids is 1. The van der Waals surface area contributed by atoms with Gasteiger partial charge in [-0.1, -0.05) is 13.8 Å². The van der Waals surface area contributed by atoms with Gasteiger partial charge in [0.05, 0.1) is 0 Å². The van der Waals surface area contributed by atoms with E-state index in [9.17, 15) is 4.79 Å². The molecule has 0 aromatic heterocycles. The van der Waals surface area contributed by atoms with Crippen LogP contribution in [0.2, 0.25) is 0 Å². The molecule has 1 heterocycles. The molecule has 0 bridgehead atoms. The van der Waals surface area contributed by atoms with Gasteiger partial charge in [-0.05, 0) is 51.0 Å². The molecular formula is C16H33N3O2. The van der Waals surface area contributed by atoms with Gasteiger partial charge < -0.3 is 20.6 Å². The fraction of sp³-hybridized carbons (Fsp3) is 0.938. The number of carbonyl (C=O) groups is 1. The molecule has 0 aliphatic carbocycles. The lowest BCUT2D eigenvalue weighted by atomic mass is 9.92. The minimum absolute atomic E-state index is 0.0965. The average molecular weight is 299 g/mol. The molecule has 2 amide bonds. The van der Waals surface area contributed by atoms with E-state index in [1.54, 1.807) is 0 Å². The number of nitrogens with zero attached hydrogens (tertiary/aromatic N) is 1. The molecule has 0 aromatic rings. The molecule has 124 valence electrons. The lowest BCUT2D eigenvalue weighted by Gasteiger charge is -2.34. The van der Waals surface area contributed by atoms with Crippen molar-refractivity contribution in [2.75, 3.05) is 32.8 Å². The smallest absolute Gasteiger partial charge is 0.314 e. The summed E-state index contributed by atoms with van der Waals surface area (Å²) in [6.07, 6.45) is 3.88. The van der Waals surface area contributed by atoms with E-state index < -0.39 is 0 Å². The Hall–Kier alpha value is -0.810. The molecule has 5 heteroatoms. The van der Waals surface area contributed by atoms with Gasteiger partial charge in [-0.3, -0.25) is 0 Å². The summed E-state index contributed by atoms with van der Waals surface area (Å²) < 4.78 is 0. The minimum atomic E-state index is -0.0965. The molecular weight excluding hydrogens is 266 g/mol. The molecule has 3 unspecified atom stereocenters. The molecule has 0 spiro atoms. The van der Waals surface area contributed by atoms with Crippen LogP contribution in [0.3, 0.4) is 0 Å². The van der Waals surface area contributed by atoms with Gasteiger partial charge in [0.2, 0.25) is 0 Å².